The van der Waals surface area contributed by atoms with E-state index in [0.717, 1.165) is 16.9 Å². The van der Waals surface area contributed by atoms with Crippen LogP contribution in [0.5, 0.6) is 11.5 Å². The van der Waals surface area contributed by atoms with Crippen molar-refractivity contribution in [3.8, 4) is 11.5 Å². The van der Waals surface area contributed by atoms with Crippen molar-refractivity contribution in [3.63, 3.8) is 0 Å². The number of aliphatic carboxylic acids is 1. The first-order valence-corrected chi connectivity index (χ1v) is 7.69. The van der Waals surface area contributed by atoms with Crippen LogP contribution in [0, 0.1) is 6.92 Å². The maximum absolute atomic E-state index is 11.4. The minimum absolute atomic E-state index is 0.382. The highest BCUT2D eigenvalue weighted by Gasteiger charge is 2.33. The van der Waals surface area contributed by atoms with Gasteiger partial charge in [0.05, 0.1) is 6.07 Å². The van der Waals surface area contributed by atoms with Crippen LogP contribution in [-0.4, -0.2) is 21.4 Å². The highest BCUT2D eigenvalue weighted by Crippen LogP contribution is 2.29. The van der Waals surface area contributed by atoms with E-state index in [0.29, 0.717) is 18.8 Å². The average Bonchev–Trinajstić information content (AvgIpc) is 2.56. The van der Waals surface area contributed by atoms with Crippen molar-refractivity contribution in [2.24, 2.45) is 0 Å². The van der Waals surface area contributed by atoms with Gasteiger partial charge in [0.1, 0.15) is 5.75 Å². The van der Waals surface area contributed by atoms with Crippen molar-refractivity contribution >= 4 is 5.97 Å². The summed E-state index contributed by atoms with van der Waals surface area (Å²) in [6, 6.07) is 15.5. The second kappa shape index (κ2) is 7.18. The maximum Gasteiger partial charge on any atom is 0.347 e. The van der Waals surface area contributed by atoms with E-state index in [1.54, 1.807) is 26.0 Å². The Bertz CT molecular complexity index is 666. The van der Waals surface area contributed by atoms with Crippen LogP contribution in [0.3, 0.4) is 0 Å². The molecule has 2 aromatic rings. The highest BCUT2D eigenvalue weighted by molar-refractivity contribution is 5.77. The van der Waals surface area contributed by atoms with E-state index in [4.69, 9.17) is 4.74 Å². The summed E-state index contributed by atoms with van der Waals surface area (Å²) in [5.41, 5.74) is 0.926. The zero-order valence-corrected chi connectivity index (χ0v) is 13.7. The fourth-order valence-electron chi connectivity index (χ4n) is 2.11. The molecule has 0 aromatic heterocycles. The maximum atomic E-state index is 11.4. The zero-order chi connectivity index (χ0) is 16.9. The van der Waals surface area contributed by atoms with Gasteiger partial charge in [-0.05, 0) is 32.4 Å². The van der Waals surface area contributed by atoms with Crippen LogP contribution in [-0.2, 0) is 11.4 Å². The molecule has 0 fully saturated rings. The number of ether oxygens (including phenoxy) is 2. The molecular formula is C19H23O4+. The van der Waals surface area contributed by atoms with Gasteiger partial charge in [0, 0.05) is 11.1 Å². The van der Waals surface area contributed by atoms with E-state index in [-0.39, 0.29) is 0 Å². The van der Waals surface area contributed by atoms with E-state index in [9.17, 15) is 9.90 Å². The van der Waals surface area contributed by atoms with Crippen molar-refractivity contribution in [2.75, 3.05) is 0 Å². The van der Waals surface area contributed by atoms with Crippen molar-refractivity contribution in [2.45, 2.75) is 39.4 Å². The van der Waals surface area contributed by atoms with E-state index in [2.05, 4.69) is 4.74 Å². The van der Waals surface area contributed by atoms with Gasteiger partial charge in [0.2, 0.25) is 5.60 Å². The zero-order valence-electron chi connectivity index (χ0n) is 13.7. The molecule has 0 aliphatic heterocycles. The number of aryl methyl sites for hydroxylation is 1. The molecule has 4 heteroatoms. The molecule has 2 N–H and O–H groups in total. The molecule has 2 rings (SSSR count). The Hall–Kier alpha value is -2.49. The van der Waals surface area contributed by atoms with Crippen LogP contribution in [0.1, 0.15) is 31.4 Å². The lowest BCUT2D eigenvalue weighted by molar-refractivity contribution is -0.154. The van der Waals surface area contributed by atoms with Gasteiger partial charge in [0.15, 0.2) is 6.61 Å². The number of rotatable bonds is 7. The molecule has 0 aliphatic carbocycles. The normalized spacial score (nSPS) is 13.2. The molecule has 0 radical (unpaired) electrons. The second-order valence-corrected chi connectivity index (χ2v) is 5.74. The molecule has 0 bridgehead atoms. The summed E-state index contributed by atoms with van der Waals surface area (Å²) < 4.78 is 10.3. The monoisotopic (exact) mass is 315 g/mol. The molecule has 122 valence electrons. The number of hydrogen-bond acceptors (Lipinski definition) is 2. The van der Waals surface area contributed by atoms with Crippen LogP contribution in [0.4, 0.5) is 0 Å². The number of carboxylic acid groups (broad SMARTS) is 1. The molecule has 1 atom stereocenters. The Morgan fingerprint density at radius 2 is 1.91 bits per heavy atom. The molecule has 0 heterocycles. The Balaban J connectivity index is 2.14. The Morgan fingerprint density at radius 1 is 1.22 bits per heavy atom. The van der Waals surface area contributed by atoms with Crippen molar-refractivity contribution in [1.82, 2.24) is 0 Å². The number of aromatic hydroxyl groups is 1. The Kier molecular flexibility index (Phi) is 5.27. The van der Waals surface area contributed by atoms with E-state index in [1.807, 2.05) is 43.3 Å². The van der Waals surface area contributed by atoms with Crippen molar-refractivity contribution < 1.29 is 19.4 Å². The van der Waals surface area contributed by atoms with Crippen LogP contribution >= 0.6 is 0 Å². The van der Waals surface area contributed by atoms with Crippen molar-refractivity contribution in [3.05, 3.63) is 59.7 Å². The Morgan fingerprint density at radius 3 is 2.52 bits per heavy atom. The predicted octanol–water partition coefficient (Wildman–Crippen LogP) is 4.07. The molecule has 0 spiro atoms. The summed E-state index contributed by atoms with van der Waals surface area (Å²) in [6.07, 6.45) is 0.382. The molecule has 4 nitrogen and oxygen atoms in total. The van der Waals surface area contributed by atoms with Gasteiger partial charge in [-0.1, -0.05) is 37.3 Å². The number of carbonyl (C=O) groups is 1. The van der Waals surface area contributed by atoms with Gasteiger partial charge in [0.25, 0.3) is 5.75 Å². The molecule has 0 unspecified atom stereocenters. The first-order chi connectivity index (χ1) is 10.9. The fourth-order valence-corrected chi connectivity index (χ4v) is 2.11. The summed E-state index contributed by atoms with van der Waals surface area (Å²) in [7, 11) is 0. The molecule has 0 saturated heterocycles. The lowest BCUT2D eigenvalue weighted by Gasteiger charge is -2.25. The largest absolute Gasteiger partial charge is 0.579 e. The fraction of sp³-hybridized carbons (Fsp3) is 0.316. The highest BCUT2D eigenvalue weighted by atomic mass is 16.5. The smallest absolute Gasteiger partial charge is 0.347 e. The SMILES string of the molecule is CC[C@](C)(Oc1ccc(C)c([OH+]Cc2ccccc2)c1)C(=O)O. The van der Waals surface area contributed by atoms with Crippen molar-refractivity contribution in [1.29, 1.82) is 0 Å². The topological polar surface area (TPSA) is 59.3 Å². The minimum Gasteiger partial charge on any atom is -0.579 e. The minimum atomic E-state index is -1.23. The first kappa shape index (κ1) is 16.9. The lowest BCUT2D eigenvalue weighted by Crippen LogP contribution is -2.40. The third-order valence-electron chi connectivity index (χ3n) is 3.93. The van der Waals surface area contributed by atoms with Crippen LogP contribution in [0.25, 0.3) is 0 Å². The average molecular weight is 315 g/mol. The van der Waals surface area contributed by atoms with Gasteiger partial charge in [-0.3, -0.25) is 0 Å². The number of benzene rings is 2. The predicted molar refractivity (Wildman–Crippen MR) is 89.9 cm³/mol. The van der Waals surface area contributed by atoms with E-state index >= 15 is 0 Å². The van der Waals surface area contributed by atoms with Gasteiger partial charge < -0.3 is 14.6 Å². The standard InChI is InChI=1S/C19H22O4/c1-4-19(3,18(20)21)23-16-11-10-14(2)17(12-16)22-13-15-8-6-5-7-9-15/h5-12H,4,13H2,1-3H3,(H,20,21)/p+1/t19-/m0/s1. The van der Waals surface area contributed by atoms with Gasteiger partial charge in [-0.15, -0.1) is 0 Å². The third kappa shape index (κ3) is 4.25. The summed E-state index contributed by atoms with van der Waals surface area (Å²) in [4.78, 5) is 11.4. The van der Waals surface area contributed by atoms with E-state index in [1.165, 1.54) is 0 Å². The van der Waals surface area contributed by atoms with Gasteiger partial charge in [-0.2, -0.15) is 0 Å². The number of aliphatic hydroxyl groups is 1. The van der Waals surface area contributed by atoms with E-state index < -0.39 is 11.6 Å². The second-order valence-electron chi connectivity index (χ2n) is 5.74. The molecule has 0 aliphatic rings. The van der Waals surface area contributed by atoms with Crippen LogP contribution < -0.4 is 4.74 Å². The molecule has 23 heavy (non-hydrogen) atoms. The lowest BCUT2D eigenvalue weighted by atomic mass is 10.0. The molecule has 0 amide bonds. The first-order valence-electron chi connectivity index (χ1n) is 7.69. The van der Waals surface area contributed by atoms with Gasteiger partial charge >= 0.3 is 5.97 Å². The van der Waals surface area contributed by atoms with Crippen LogP contribution in [0.2, 0.25) is 0 Å². The molecular weight excluding hydrogens is 292 g/mol. The summed E-state index contributed by atoms with van der Waals surface area (Å²) >= 11 is 0. The summed E-state index contributed by atoms with van der Waals surface area (Å²) in [5.74, 6) is 0.368. The van der Waals surface area contributed by atoms with Crippen LogP contribution in [0.15, 0.2) is 48.5 Å². The quantitative estimate of drug-likeness (QED) is 0.784. The summed E-state index contributed by atoms with van der Waals surface area (Å²) in [5, 5.41) is 9.32. The number of hydrogen-bond donors (Lipinski definition) is 1. The molecule has 2 aromatic carbocycles. The summed E-state index contributed by atoms with van der Waals surface area (Å²) in [6.45, 7) is 5.93. The third-order valence-corrected chi connectivity index (χ3v) is 3.93. The molecule has 0 saturated carbocycles. The number of carboxylic acids is 1. The Labute approximate surface area is 136 Å². The van der Waals surface area contributed by atoms with Gasteiger partial charge in [-0.25, -0.2) is 4.79 Å².